The first-order chi connectivity index (χ1) is 11.6. The van der Waals surface area contributed by atoms with Crippen LogP contribution in [-0.4, -0.2) is 33.9 Å². The number of aromatic nitrogens is 2. The minimum absolute atomic E-state index is 0.117. The molecule has 1 aliphatic carbocycles. The summed E-state index contributed by atoms with van der Waals surface area (Å²) in [5, 5.41) is 4.29. The molecule has 0 bridgehead atoms. The zero-order chi connectivity index (χ0) is 17.1. The molecule has 0 saturated carbocycles. The molecule has 1 atom stereocenters. The normalized spacial score (nSPS) is 16.5. The number of ether oxygens (including phenoxy) is 1. The van der Waals surface area contributed by atoms with Crippen molar-refractivity contribution >= 4 is 17.5 Å². The van der Waals surface area contributed by atoms with Gasteiger partial charge in [-0.2, -0.15) is 5.10 Å². The maximum absolute atomic E-state index is 12.6. The van der Waals surface area contributed by atoms with E-state index in [1.54, 1.807) is 11.6 Å². The maximum atomic E-state index is 12.6. The Morgan fingerprint density at radius 2 is 2.04 bits per heavy atom. The first-order valence-electron chi connectivity index (χ1n) is 7.95. The molecule has 6 heteroatoms. The van der Waals surface area contributed by atoms with E-state index in [1.165, 1.54) is 6.20 Å². The fourth-order valence-corrected chi connectivity index (χ4v) is 2.97. The molecular weight excluding hydrogens is 308 g/mol. The Bertz CT molecular complexity index is 780. The largest absolute Gasteiger partial charge is 0.460 e. The second kappa shape index (κ2) is 6.78. The number of benzene rings is 1. The number of hydrogen-bond acceptors (Lipinski definition) is 5. The van der Waals surface area contributed by atoms with Gasteiger partial charge in [0.2, 0.25) is 0 Å². The van der Waals surface area contributed by atoms with E-state index in [4.69, 9.17) is 4.74 Å². The number of esters is 1. The average Bonchev–Trinajstić information content (AvgIpc) is 3.00. The van der Waals surface area contributed by atoms with Crippen molar-refractivity contribution in [3.8, 4) is 0 Å². The highest BCUT2D eigenvalue weighted by molar-refractivity contribution is 6.39. The van der Waals surface area contributed by atoms with Crippen LogP contribution in [0.5, 0.6) is 0 Å². The summed E-state index contributed by atoms with van der Waals surface area (Å²) < 4.78 is 6.50. The molecular formula is C18H18N2O4. The molecule has 0 N–H and O–H groups in total. The molecule has 1 unspecified atom stereocenters. The summed E-state index contributed by atoms with van der Waals surface area (Å²) in [7, 11) is 0. The predicted octanol–water partition coefficient (Wildman–Crippen LogP) is 1.81. The van der Waals surface area contributed by atoms with Gasteiger partial charge in [-0.1, -0.05) is 30.3 Å². The number of ketones is 2. The van der Waals surface area contributed by atoms with Crippen LogP contribution in [0.2, 0.25) is 0 Å². The Morgan fingerprint density at radius 3 is 2.75 bits per heavy atom. The Morgan fingerprint density at radius 1 is 1.29 bits per heavy atom. The quantitative estimate of drug-likeness (QED) is 0.476. The number of hydrogen-bond donors (Lipinski definition) is 0. The number of carbonyl (C=O) groups is 3. The van der Waals surface area contributed by atoms with Crippen molar-refractivity contribution in [1.29, 1.82) is 0 Å². The summed E-state index contributed by atoms with van der Waals surface area (Å²) in [6.07, 6.45) is 2.33. The molecule has 1 aromatic carbocycles. The first kappa shape index (κ1) is 16.1. The number of rotatable bonds is 5. The highest BCUT2D eigenvalue weighted by Gasteiger charge is 2.38. The molecule has 0 radical (unpaired) electrons. The van der Waals surface area contributed by atoms with Crippen molar-refractivity contribution in [1.82, 2.24) is 9.78 Å². The minimum Gasteiger partial charge on any atom is -0.460 e. The Labute approximate surface area is 139 Å². The fraction of sp³-hybridized carbons (Fsp3) is 0.333. The molecule has 1 heterocycles. The summed E-state index contributed by atoms with van der Waals surface area (Å²) in [5.41, 5.74) is 2.33. The summed E-state index contributed by atoms with van der Waals surface area (Å²) in [4.78, 5) is 36.2. The van der Waals surface area contributed by atoms with Crippen molar-refractivity contribution < 1.29 is 19.1 Å². The van der Waals surface area contributed by atoms with Crippen LogP contribution in [0, 0.1) is 5.92 Å². The zero-order valence-corrected chi connectivity index (χ0v) is 13.4. The van der Waals surface area contributed by atoms with Crippen LogP contribution in [0.15, 0.2) is 36.5 Å². The topological polar surface area (TPSA) is 78.3 Å². The van der Waals surface area contributed by atoms with Gasteiger partial charge in [-0.15, -0.1) is 0 Å². The molecule has 0 spiro atoms. The van der Waals surface area contributed by atoms with Gasteiger partial charge in [-0.05, 0) is 25.3 Å². The van der Waals surface area contributed by atoms with E-state index in [0.717, 1.165) is 11.3 Å². The molecule has 0 amide bonds. The maximum Gasteiger partial charge on any atom is 0.375 e. The lowest BCUT2D eigenvalue weighted by Gasteiger charge is -2.20. The molecule has 1 aliphatic rings. The van der Waals surface area contributed by atoms with Gasteiger partial charge in [-0.3, -0.25) is 14.3 Å². The lowest BCUT2D eigenvalue weighted by atomic mass is 9.83. The Balaban J connectivity index is 1.80. The van der Waals surface area contributed by atoms with Crippen molar-refractivity contribution in [3.63, 3.8) is 0 Å². The third kappa shape index (κ3) is 2.99. The molecule has 0 fully saturated rings. The highest BCUT2D eigenvalue weighted by atomic mass is 16.5. The third-order valence-corrected chi connectivity index (χ3v) is 4.17. The highest BCUT2D eigenvalue weighted by Crippen LogP contribution is 2.27. The molecule has 124 valence electrons. The predicted molar refractivity (Wildman–Crippen MR) is 85.6 cm³/mol. The van der Waals surface area contributed by atoms with Crippen LogP contribution in [0.25, 0.3) is 0 Å². The smallest absolute Gasteiger partial charge is 0.375 e. The van der Waals surface area contributed by atoms with E-state index in [-0.39, 0.29) is 12.4 Å². The number of carbonyl (C=O) groups excluding carboxylic acids is 3. The molecule has 0 saturated heterocycles. The molecule has 1 aromatic heterocycles. The van der Waals surface area contributed by atoms with Gasteiger partial charge in [0.1, 0.15) is 0 Å². The van der Waals surface area contributed by atoms with Crippen molar-refractivity contribution in [3.05, 3.63) is 53.3 Å². The van der Waals surface area contributed by atoms with E-state index in [9.17, 15) is 14.4 Å². The molecule has 24 heavy (non-hydrogen) atoms. The lowest BCUT2D eigenvalue weighted by molar-refractivity contribution is -0.154. The van der Waals surface area contributed by atoms with E-state index in [2.05, 4.69) is 5.10 Å². The van der Waals surface area contributed by atoms with E-state index in [1.807, 2.05) is 30.3 Å². The van der Waals surface area contributed by atoms with Gasteiger partial charge in [-0.25, -0.2) is 4.79 Å². The van der Waals surface area contributed by atoms with Crippen LogP contribution in [0.1, 0.15) is 35.0 Å². The summed E-state index contributed by atoms with van der Waals surface area (Å²) in [5.74, 6) is -2.99. The molecule has 6 nitrogen and oxygen atoms in total. The summed E-state index contributed by atoms with van der Waals surface area (Å²) in [6, 6.07) is 9.82. The van der Waals surface area contributed by atoms with E-state index in [0.29, 0.717) is 24.9 Å². The van der Waals surface area contributed by atoms with Gasteiger partial charge in [0.05, 0.1) is 30.8 Å². The monoisotopic (exact) mass is 326 g/mol. The molecule has 2 aromatic rings. The average molecular weight is 326 g/mol. The fourth-order valence-electron chi connectivity index (χ4n) is 2.97. The van der Waals surface area contributed by atoms with Gasteiger partial charge < -0.3 is 4.74 Å². The third-order valence-electron chi connectivity index (χ3n) is 4.17. The first-order valence-corrected chi connectivity index (χ1v) is 7.95. The lowest BCUT2D eigenvalue weighted by Crippen LogP contribution is -2.35. The molecule has 0 aliphatic heterocycles. The van der Waals surface area contributed by atoms with Crippen LogP contribution in [-0.2, 0) is 27.3 Å². The van der Waals surface area contributed by atoms with Crippen LogP contribution in [0.4, 0.5) is 0 Å². The minimum atomic E-state index is -0.953. The second-order valence-corrected chi connectivity index (χ2v) is 5.69. The zero-order valence-electron chi connectivity index (χ0n) is 13.4. The Kier molecular flexibility index (Phi) is 4.55. The van der Waals surface area contributed by atoms with Crippen LogP contribution in [0.3, 0.4) is 0 Å². The van der Waals surface area contributed by atoms with E-state index >= 15 is 0 Å². The second-order valence-electron chi connectivity index (χ2n) is 5.69. The number of nitrogens with zero attached hydrogens (tertiary/aromatic N) is 2. The van der Waals surface area contributed by atoms with Gasteiger partial charge in [0.25, 0.3) is 5.78 Å². The van der Waals surface area contributed by atoms with E-state index < -0.39 is 17.7 Å². The summed E-state index contributed by atoms with van der Waals surface area (Å²) in [6.45, 7) is 2.31. The van der Waals surface area contributed by atoms with Crippen LogP contribution >= 0.6 is 0 Å². The SMILES string of the molecule is CCOC(=O)C(=O)C1CCc2c(cnn2Cc2ccccc2)C1=O. The molecule has 3 rings (SSSR count). The van der Waals surface area contributed by atoms with Crippen molar-refractivity contribution in [2.75, 3.05) is 6.61 Å². The van der Waals surface area contributed by atoms with Gasteiger partial charge in [0, 0.05) is 5.69 Å². The van der Waals surface area contributed by atoms with Crippen molar-refractivity contribution in [2.45, 2.75) is 26.3 Å². The number of fused-ring (bicyclic) bond motifs is 1. The summed E-state index contributed by atoms with van der Waals surface area (Å²) >= 11 is 0. The standard InChI is InChI=1S/C18H18N2O4/c1-2-24-18(23)17(22)13-8-9-15-14(16(13)21)10-19-20(15)11-12-6-4-3-5-7-12/h3-7,10,13H,2,8-9,11H2,1H3. The van der Waals surface area contributed by atoms with Crippen molar-refractivity contribution in [2.24, 2.45) is 5.92 Å². The van der Waals surface area contributed by atoms with Gasteiger partial charge in [0.15, 0.2) is 5.78 Å². The Hall–Kier alpha value is -2.76. The van der Waals surface area contributed by atoms with Crippen LogP contribution < -0.4 is 0 Å². The number of Topliss-reactive ketones (excluding diaryl/α,β-unsaturated/α-hetero) is 2. The van der Waals surface area contributed by atoms with Gasteiger partial charge >= 0.3 is 5.97 Å².